The Labute approximate surface area is 415 Å². The number of aromatic hydroxyl groups is 2. The molecule has 2 aliphatic heterocycles. The van der Waals surface area contributed by atoms with Crippen LogP contribution in [0.1, 0.15) is 58.3 Å². The largest absolute Gasteiger partial charge is 0.504 e. The molecule has 0 aliphatic carbocycles. The van der Waals surface area contributed by atoms with Gasteiger partial charge in [-0.3, -0.25) is 0 Å². The molecular weight excluding hydrogens is 945 g/mol. The van der Waals surface area contributed by atoms with Crippen LogP contribution in [0.4, 0.5) is 0 Å². The maximum atomic E-state index is 11.6. The van der Waals surface area contributed by atoms with Crippen molar-refractivity contribution in [3.63, 3.8) is 0 Å². The number of rotatable bonds is 24. The zero-order chi connectivity index (χ0) is 51.8. The maximum Gasteiger partial charge on any atom is 0.204 e. The lowest BCUT2D eigenvalue weighted by Gasteiger charge is -2.27. The number of phenolic OH excluding ortho intramolecular Hbond substituents is 2. The Bertz CT molecular complexity index is 2560. The van der Waals surface area contributed by atoms with Crippen LogP contribution in [0.2, 0.25) is 0 Å². The van der Waals surface area contributed by atoms with Crippen LogP contribution < -0.4 is 47.4 Å². The summed E-state index contributed by atoms with van der Waals surface area (Å²) in [5.41, 5.74) is 2.33. The van der Waals surface area contributed by atoms with Gasteiger partial charge in [-0.15, -0.1) is 0 Å². The summed E-state index contributed by atoms with van der Waals surface area (Å²) < 4.78 is 70.3. The Hall–Kier alpha value is -6.62. The Morgan fingerprint density at radius 3 is 1.07 bits per heavy atom. The third-order valence-corrected chi connectivity index (χ3v) is 12.9. The first kappa shape index (κ1) is 53.2. The summed E-state index contributed by atoms with van der Waals surface area (Å²) in [5, 5.41) is 85.0. The number of aliphatic hydroxyl groups is 6. The topological polar surface area (TPSA) is 273 Å². The predicted octanol–water partition coefficient (Wildman–Crippen LogP) is 4.65. The number of hydrogen-bond acceptors (Lipinski definition) is 20. The van der Waals surface area contributed by atoms with Gasteiger partial charge in [0.05, 0.1) is 95.0 Å². The third kappa shape index (κ3) is 10.9. The lowest BCUT2D eigenvalue weighted by Crippen LogP contribution is -2.30. The lowest BCUT2D eigenvalue weighted by atomic mass is 9.84. The van der Waals surface area contributed by atoms with Crippen LogP contribution in [0.25, 0.3) is 0 Å². The first-order valence-corrected chi connectivity index (χ1v) is 22.8. The molecule has 7 rings (SSSR count). The fourth-order valence-electron chi connectivity index (χ4n) is 9.03. The van der Waals surface area contributed by atoms with Gasteiger partial charge < -0.3 is 97.7 Å². The van der Waals surface area contributed by atoms with Crippen molar-refractivity contribution in [2.75, 3.05) is 82.8 Å². The molecule has 20 nitrogen and oxygen atoms in total. The Morgan fingerprint density at radius 1 is 0.417 bits per heavy atom. The van der Waals surface area contributed by atoms with E-state index in [0.717, 1.165) is 0 Å². The van der Waals surface area contributed by atoms with Crippen molar-refractivity contribution in [1.82, 2.24) is 0 Å². The van der Waals surface area contributed by atoms with Crippen LogP contribution in [0, 0.1) is 11.8 Å². The molecule has 2 heterocycles. The van der Waals surface area contributed by atoms with Gasteiger partial charge in [0.1, 0.15) is 18.3 Å². The number of hydrogen-bond donors (Lipinski definition) is 8. The fraction of sp³-hybridized carbons (Fsp3) is 0.423. The third-order valence-electron chi connectivity index (χ3n) is 12.9. The second kappa shape index (κ2) is 23.7. The molecule has 5 aromatic carbocycles. The minimum absolute atomic E-state index is 0.106. The smallest absolute Gasteiger partial charge is 0.204 e. The summed E-state index contributed by atoms with van der Waals surface area (Å²) in [7, 11) is 9.94. The van der Waals surface area contributed by atoms with Gasteiger partial charge in [0.25, 0.3) is 0 Å². The molecule has 10 atom stereocenters. The summed E-state index contributed by atoms with van der Waals surface area (Å²) in [4.78, 5) is 0. The summed E-state index contributed by atoms with van der Waals surface area (Å²) in [6.45, 7) is -1.17. The zero-order valence-corrected chi connectivity index (χ0v) is 40.8. The summed E-state index contributed by atoms with van der Waals surface area (Å²) in [5.74, 6) is 1.28. The van der Waals surface area contributed by atoms with Gasteiger partial charge in [-0.2, -0.15) is 0 Å². The summed E-state index contributed by atoms with van der Waals surface area (Å²) >= 11 is 0. The summed E-state index contributed by atoms with van der Waals surface area (Å²) in [6.07, 6.45) is -8.63. The second-order valence-corrected chi connectivity index (χ2v) is 17.0. The highest BCUT2D eigenvalue weighted by Crippen LogP contribution is 2.54. The van der Waals surface area contributed by atoms with Crippen LogP contribution >= 0.6 is 0 Å². The van der Waals surface area contributed by atoms with E-state index in [9.17, 15) is 40.9 Å². The molecule has 2 fully saturated rings. The Kier molecular flexibility index (Phi) is 17.5. The van der Waals surface area contributed by atoms with E-state index < -0.39 is 68.7 Å². The minimum Gasteiger partial charge on any atom is -0.504 e. The van der Waals surface area contributed by atoms with Gasteiger partial charge in [0, 0.05) is 11.8 Å². The van der Waals surface area contributed by atoms with Crippen LogP contribution in [0.15, 0.2) is 78.9 Å². The van der Waals surface area contributed by atoms with Gasteiger partial charge >= 0.3 is 0 Å². The zero-order valence-electron chi connectivity index (χ0n) is 40.8. The first-order valence-electron chi connectivity index (χ1n) is 22.8. The maximum absolute atomic E-state index is 11.6. The van der Waals surface area contributed by atoms with Gasteiger partial charge in [-0.05, 0) is 88.5 Å². The minimum atomic E-state index is -1.43. The van der Waals surface area contributed by atoms with E-state index in [1.54, 1.807) is 24.3 Å². The standard InChI is InChI=1S/C52H62O20/c1-61-36-14-26(8-11-33(36)56)46(58)43(21-53)70-35-13-10-28(16-38(35)63-3)48(60)45(23-55)72-52-41(66-6)19-30(20-42(52)67-7)50-32-25-68-49(31(32)24-69-50)29-17-39(64-4)51(40(18-29)65-5)71-44(22-54)47(59)27-9-12-34(57)37(15-27)62-2/h8-20,31-32,43-50,53-60H,21-25H2,1-7H3/t31-,32-,43+,44-,45-,46-,47+,48-,49+,50+/m0/s1. The molecule has 0 saturated carbocycles. The molecule has 2 aliphatic rings. The van der Waals surface area contributed by atoms with Crippen molar-refractivity contribution in [3.05, 3.63) is 107 Å². The molecule has 390 valence electrons. The van der Waals surface area contributed by atoms with Gasteiger partial charge in [0.2, 0.25) is 11.5 Å². The van der Waals surface area contributed by atoms with Gasteiger partial charge in [-0.25, -0.2) is 0 Å². The highest BCUT2D eigenvalue weighted by Gasteiger charge is 2.49. The SMILES string of the molecule is COc1cc([C@@H](O)[C@H](CO)Oc2c(OC)cc([C@H]3OC[C@H]4[C@@H]3CO[C@@H]4c3cc(OC)c(O[C@@H](CO)[C@@H](O)c4ccc(O[C@H](CO)[C@@H](O)c5ccc(O)c(OC)c5)c(OC)c4)c(OC)c3)cc2OC)ccc1O. The molecule has 0 amide bonds. The van der Waals surface area contributed by atoms with E-state index in [-0.39, 0.29) is 86.4 Å². The normalized spacial score (nSPS) is 19.7. The van der Waals surface area contributed by atoms with Crippen molar-refractivity contribution >= 4 is 0 Å². The van der Waals surface area contributed by atoms with E-state index in [0.29, 0.717) is 35.5 Å². The van der Waals surface area contributed by atoms with Crippen LogP contribution in [-0.2, 0) is 9.47 Å². The monoisotopic (exact) mass is 1010 g/mol. The number of ether oxygens (including phenoxy) is 12. The van der Waals surface area contributed by atoms with E-state index in [1.165, 1.54) is 104 Å². The number of phenols is 2. The van der Waals surface area contributed by atoms with Gasteiger partial charge in [-0.1, -0.05) is 18.2 Å². The van der Waals surface area contributed by atoms with Crippen LogP contribution in [-0.4, -0.2) is 142 Å². The van der Waals surface area contributed by atoms with Crippen molar-refractivity contribution in [2.45, 2.75) is 48.8 Å². The molecule has 5 aromatic rings. The van der Waals surface area contributed by atoms with Gasteiger partial charge in [0.15, 0.2) is 75.8 Å². The van der Waals surface area contributed by atoms with Crippen molar-refractivity contribution < 1.29 is 97.7 Å². The molecule has 0 bridgehead atoms. The molecule has 0 spiro atoms. The van der Waals surface area contributed by atoms with Crippen molar-refractivity contribution in [2.24, 2.45) is 11.8 Å². The average molecular weight is 1010 g/mol. The molecule has 0 unspecified atom stereocenters. The molecular formula is C52H62O20. The predicted molar refractivity (Wildman–Crippen MR) is 255 cm³/mol. The van der Waals surface area contributed by atoms with E-state index >= 15 is 0 Å². The molecule has 20 heteroatoms. The van der Waals surface area contributed by atoms with Crippen molar-refractivity contribution in [3.8, 4) is 69.0 Å². The highest BCUT2D eigenvalue weighted by molar-refractivity contribution is 5.57. The number of benzene rings is 5. The number of methoxy groups -OCH3 is 7. The molecule has 0 aromatic heterocycles. The number of fused-ring (bicyclic) bond motifs is 1. The molecule has 72 heavy (non-hydrogen) atoms. The Morgan fingerprint density at radius 2 is 0.736 bits per heavy atom. The van der Waals surface area contributed by atoms with E-state index in [2.05, 4.69) is 0 Å². The molecule has 0 radical (unpaired) electrons. The highest BCUT2D eigenvalue weighted by atomic mass is 16.6. The van der Waals surface area contributed by atoms with Crippen molar-refractivity contribution in [1.29, 1.82) is 0 Å². The Balaban J connectivity index is 1.06. The fourth-order valence-corrected chi connectivity index (χ4v) is 9.03. The average Bonchev–Trinajstić information content (AvgIpc) is 4.03. The summed E-state index contributed by atoms with van der Waals surface area (Å²) in [6, 6.07) is 20.0. The number of aliphatic hydroxyl groups excluding tert-OH is 6. The van der Waals surface area contributed by atoms with E-state index in [1.807, 2.05) is 0 Å². The van der Waals surface area contributed by atoms with E-state index in [4.69, 9.17) is 56.8 Å². The first-order chi connectivity index (χ1) is 34.8. The second-order valence-electron chi connectivity index (χ2n) is 17.0. The molecule has 8 N–H and O–H groups in total. The van der Waals surface area contributed by atoms with Crippen LogP contribution in [0.3, 0.4) is 0 Å². The quantitative estimate of drug-likeness (QED) is 0.0418. The lowest BCUT2D eigenvalue weighted by molar-refractivity contribution is -0.00349. The molecule has 2 saturated heterocycles. The van der Waals surface area contributed by atoms with Crippen LogP contribution in [0.5, 0.6) is 69.0 Å².